The summed E-state index contributed by atoms with van der Waals surface area (Å²) in [4.78, 5) is 0. The summed E-state index contributed by atoms with van der Waals surface area (Å²) >= 11 is 5.83. The SMILES string of the molecule is Cc1ccc(CC(NN)C(C(F)(F)F)C(F)(F)F)c(Cl)c1. The van der Waals surface area contributed by atoms with Gasteiger partial charge in [-0.1, -0.05) is 23.7 Å². The van der Waals surface area contributed by atoms with E-state index in [0.717, 1.165) is 5.56 Å². The van der Waals surface area contributed by atoms with Crippen LogP contribution in [0, 0.1) is 12.8 Å². The lowest BCUT2D eigenvalue weighted by molar-refractivity contribution is -0.291. The summed E-state index contributed by atoms with van der Waals surface area (Å²) in [6, 6.07) is 2.32. The van der Waals surface area contributed by atoms with E-state index >= 15 is 0 Å². The molecular weight excluding hydrogens is 322 g/mol. The van der Waals surface area contributed by atoms with Gasteiger partial charge in [-0.25, -0.2) is 0 Å². The van der Waals surface area contributed by atoms with E-state index in [1.54, 1.807) is 18.4 Å². The van der Waals surface area contributed by atoms with E-state index in [2.05, 4.69) is 0 Å². The number of halogens is 7. The molecular formula is C12H13ClF6N2. The van der Waals surface area contributed by atoms with Crippen molar-refractivity contribution in [3.63, 3.8) is 0 Å². The molecule has 9 heteroatoms. The summed E-state index contributed by atoms with van der Waals surface area (Å²) in [6.45, 7) is 1.70. The fourth-order valence-electron chi connectivity index (χ4n) is 1.97. The molecule has 0 aromatic heterocycles. The smallest absolute Gasteiger partial charge is 0.271 e. The predicted octanol–water partition coefficient (Wildman–Crippen LogP) is 3.76. The normalized spacial score (nSPS) is 14.6. The van der Waals surface area contributed by atoms with Gasteiger partial charge >= 0.3 is 12.4 Å². The molecule has 0 fully saturated rings. The van der Waals surface area contributed by atoms with E-state index in [1.807, 2.05) is 0 Å². The van der Waals surface area contributed by atoms with Crippen LogP contribution in [0.15, 0.2) is 18.2 Å². The fraction of sp³-hybridized carbons (Fsp3) is 0.500. The van der Waals surface area contributed by atoms with Crippen LogP contribution in [0.5, 0.6) is 0 Å². The molecule has 1 aromatic carbocycles. The number of hydrogen-bond donors (Lipinski definition) is 2. The maximum Gasteiger partial charge on any atom is 0.402 e. The highest BCUT2D eigenvalue weighted by atomic mass is 35.5. The highest BCUT2D eigenvalue weighted by molar-refractivity contribution is 6.31. The van der Waals surface area contributed by atoms with Gasteiger partial charge in [-0.05, 0) is 30.5 Å². The van der Waals surface area contributed by atoms with Crippen LogP contribution in [0.2, 0.25) is 5.02 Å². The van der Waals surface area contributed by atoms with Gasteiger partial charge in [-0.2, -0.15) is 26.3 Å². The lowest BCUT2D eigenvalue weighted by Crippen LogP contribution is -2.54. The van der Waals surface area contributed by atoms with E-state index in [1.165, 1.54) is 12.1 Å². The second-order valence-electron chi connectivity index (χ2n) is 4.63. The van der Waals surface area contributed by atoms with Crippen LogP contribution < -0.4 is 11.3 Å². The topological polar surface area (TPSA) is 38.0 Å². The number of aryl methyl sites for hydroxylation is 1. The maximum absolute atomic E-state index is 12.7. The Bertz CT molecular complexity index is 472. The Morgan fingerprint density at radius 1 is 1.14 bits per heavy atom. The molecule has 0 saturated carbocycles. The zero-order valence-electron chi connectivity index (χ0n) is 10.8. The summed E-state index contributed by atoms with van der Waals surface area (Å²) in [5, 5.41) is 0.0957. The number of hydrogen-bond acceptors (Lipinski definition) is 2. The summed E-state index contributed by atoms with van der Waals surface area (Å²) < 4.78 is 76.0. The van der Waals surface area contributed by atoms with E-state index in [0.29, 0.717) is 0 Å². The van der Waals surface area contributed by atoms with Crippen LogP contribution in [-0.2, 0) is 6.42 Å². The number of hydrazine groups is 1. The van der Waals surface area contributed by atoms with Crippen LogP contribution in [0.25, 0.3) is 0 Å². The highest BCUT2D eigenvalue weighted by Gasteiger charge is 2.60. The molecule has 120 valence electrons. The van der Waals surface area contributed by atoms with Gasteiger partial charge in [0.05, 0.1) is 0 Å². The zero-order chi connectivity index (χ0) is 16.4. The molecule has 3 N–H and O–H groups in total. The summed E-state index contributed by atoms with van der Waals surface area (Å²) in [5.74, 6) is 1.33. The number of nitrogens with two attached hydrogens (primary N) is 1. The molecule has 0 aliphatic rings. The van der Waals surface area contributed by atoms with Crippen LogP contribution in [0.3, 0.4) is 0 Å². The molecule has 1 rings (SSSR count). The minimum absolute atomic E-state index is 0.0957. The quantitative estimate of drug-likeness (QED) is 0.500. The average molecular weight is 335 g/mol. The molecule has 0 aliphatic carbocycles. The van der Waals surface area contributed by atoms with Gasteiger partial charge in [-0.3, -0.25) is 11.3 Å². The molecule has 2 nitrogen and oxygen atoms in total. The molecule has 1 aromatic rings. The molecule has 0 bridgehead atoms. The lowest BCUT2D eigenvalue weighted by Gasteiger charge is -2.30. The van der Waals surface area contributed by atoms with Crippen molar-refractivity contribution in [3.05, 3.63) is 34.3 Å². The van der Waals surface area contributed by atoms with Crippen LogP contribution in [0.4, 0.5) is 26.3 Å². The van der Waals surface area contributed by atoms with Crippen molar-refractivity contribution < 1.29 is 26.3 Å². The Kier molecular flexibility index (Phi) is 5.51. The average Bonchev–Trinajstić information content (AvgIpc) is 2.27. The second-order valence-corrected chi connectivity index (χ2v) is 5.04. The van der Waals surface area contributed by atoms with Crippen molar-refractivity contribution in [3.8, 4) is 0 Å². The van der Waals surface area contributed by atoms with Gasteiger partial charge in [0.2, 0.25) is 0 Å². The zero-order valence-corrected chi connectivity index (χ0v) is 11.6. The molecule has 0 heterocycles. The predicted molar refractivity (Wildman–Crippen MR) is 66.6 cm³/mol. The molecule has 0 amide bonds. The fourth-order valence-corrected chi connectivity index (χ4v) is 2.28. The van der Waals surface area contributed by atoms with Crippen LogP contribution in [-0.4, -0.2) is 18.4 Å². The van der Waals surface area contributed by atoms with Crippen molar-refractivity contribution in [1.82, 2.24) is 5.43 Å². The van der Waals surface area contributed by atoms with Crippen molar-refractivity contribution in [2.24, 2.45) is 11.8 Å². The Labute approximate surface area is 122 Å². The van der Waals surface area contributed by atoms with Gasteiger partial charge in [0, 0.05) is 11.1 Å². The minimum Gasteiger partial charge on any atom is -0.271 e. The molecule has 0 spiro atoms. The Balaban J connectivity index is 3.10. The highest BCUT2D eigenvalue weighted by Crippen LogP contribution is 2.42. The van der Waals surface area contributed by atoms with E-state index in [-0.39, 0.29) is 10.6 Å². The number of alkyl halides is 6. The Hall–Kier alpha value is -0.990. The van der Waals surface area contributed by atoms with E-state index in [4.69, 9.17) is 17.4 Å². The monoisotopic (exact) mass is 334 g/mol. The molecule has 0 aliphatic heterocycles. The van der Waals surface area contributed by atoms with Gasteiger partial charge in [0.1, 0.15) is 0 Å². The summed E-state index contributed by atoms with van der Waals surface area (Å²) in [6.07, 6.45) is -11.5. The van der Waals surface area contributed by atoms with Gasteiger partial charge in [-0.15, -0.1) is 0 Å². The first kappa shape index (κ1) is 18.1. The van der Waals surface area contributed by atoms with E-state index in [9.17, 15) is 26.3 Å². The van der Waals surface area contributed by atoms with E-state index < -0.39 is 30.7 Å². The van der Waals surface area contributed by atoms with Crippen molar-refractivity contribution in [2.45, 2.75) is 31.7 Å². The molecule has 1 unspecified atom stereocenters. The molecule has 1 atom stereocenters. The first-order valence-corrected chi connectivity index (χ1v) is 6.19. The third-order valence-corrected chi connectivity index (χ3v) is 3.32. The third kappa shape index (κ3) is 4.76. The van der Waals surface area contributed by atoms with Gasteiger partial charge in [0.25, 0.3) is 0 Å². The van der Waals surface area contributed by atoms with Crippen molar-refractivity contribution >= 4 is 11.6 Å². The van der Waals surface area contributed by atoms with Crippen molar-refractivity contribution in [1.29, 1.82) is 0 Å². The molecule has 21 heavy (non-hydrogen) atoms. The van der Waals surface area contributed by atoms with Crippen LogP contribution >= 0.6 is 11.6 Å². The third-order valence-electron chi connectivity index (χ3n) is 2.97. The standard InChI is InChI=1S/C12H13ClF6N2/c1-6-2-3-7(8(13)4-6)5-9(21-20)10(11(14,15)16)12(17,18)19/h2-4,9-10,21H,5,20H2,1H3. The molecule has 0 radical (unpaired) electrons. The van der Waals surface area contributed by atoms with Crippen molar-refractivity contribution in [2.75, 3.05) is 0 Å². The maximum atomic E-state index is 12.7. The lowest BCUT2D eigenvalue weighted by atomic mass is 9.92. The number of benzene rings is 1. The van der Waals surface area contributed by atoms with Gasteiger partial charge in [0.15, 0.2) is 5.92 Å². The molecule has 0 saturated heterocycles. The van der Waals surface area contributed by atoms with Gasteiger partial charge < -0.3 is 0 Å². The Morgan fingerprint density at radius 3 is 2.05 bits per heavy atom. The summed E-state index contributed by atoms with van der Waals surface area (Å²) in [7, 11) is 0. The first-order valence-electron chi connectivity index (χ1n) is 5.81. The second kappa shape index (κ2) is 6.41. The number of rotatable bonds is 4. The number of nitrogens with one attached hydrogen (secondary N) is 1. The largest absolute Gasteiger partial charge is 0.402 e. The Morgan fingerprint density at radius 2 is 1.67 bits per heavy atom. The summed E-state index contributed by atoms with van der Waals surface area (Å²) in [5.41, 5.74) is 2.50. The first-order chi connectivity index (χ1) is 9.46. The van der Waals surface area contributed by atoms with Crippen LogP contribution in [0.1, 0.15) is 11.1 Å². The minimum atomic E-state index is -5.47.